The van der Waals surface area contributed by atoms with E-state index in [0.717, 1.165) is 12.0 Å². The van der Waals surface area contributed by atoms with Gasteiger partial charge < -0.3 is 4.42 Å². The predicted molar refractivity (Wildman–Crippen MR) is 86.1 cm³/mol. The largest absolute Gasteiger partial charge is 0.449 e. The van der Waals surface area contributed by atoms with E-state index in [4.69, 9.17) is 4.42 Å². The summed E-state index contributed by atoms with van der Waals surface area (Å²) in [5, 5.41) is 0. The van der Waals surface area contributed by atoms with Crippen LogP contribution in [0.1, 0.15) is 32.6 Å². The SMILES string of the molecule is CC[C@@H](C)CC(=O)NS(=O)(=O)c1ccc(-c2coc(C)n2)cc1. The van der Waals surface area contributed by atoms with Crippen molar-refractivity contribution >= 4 is 15.9 Å². The summed E-state index contributed by atoms with van der Waals surface area (Å²) in [4.78, 5) is 16.0. The molecule has 0 radical (unpaired) electrons. The Morgan fingerprint density at radius 2 is 1.96 bits per heavy atom. The molecule has 1 atom stereocenters. The third kappa shape index (κ3) is 4.41. The summed E-state index contributed by atoms with van der Waals surface area (Å²) in [6.07, 6.45) is 2.51. The number of hydrogen-bond donors (Lipinski definition) is 1. The normalized spacial score (nSPS) is 12.8. The number of rotatable bonds is 6. The van der Waals surface area contributed by atoms with Crippen LogP contribution in [-0.2, 0) is 14.8 Å². The van der Waals surface area contributed by atoms with Gasteiger partial charge in [-0.2, -0.15) is 0 Å². The van der Waals surface area contributed by atoms with Crippen LogP contribution in [0.5, 0.6) is 0 Å². The first-order valence-corrected chi connectivity index (χ1v) is 8.88. The first-order chi connectivity index (χ1) is 10.8. The molecule has 7 heteroatoms. The van der Waals surface area contributed by atoms with Crippen LogP contribution in [0, 0.1) is 12.8 Å². The van der Waals surface area contributed by atoms with E-state index < -0.39 is 15.9 Å². The van der Waals surface area contributed by atoms with E-state index in [0.29, 0.717) is 11.6 Å². The summed E-state index contributed by atoms with van der Waals surface area (Å²) < 4.78 is 31.6. The van der Waals surface area contributed by atoms with Crippen LogP contribution in [0.25, 0.3) is 11.3 Å². The summed E-state index contributed by atoms with van der Waals surface area (Å²) in [6, 6.07) is 6.15. The van der Waals surface area contributed by atoms with Crippen LogP contribution >= 0.6 is 0 Å². The molecular weight excluding hydrogens is 316 g/mol. The minimum atomic E-state index is -3.85. The monoisotopic (exact) mass is 336 g/mol. The van der Waals surface area contributed by atoms with Gasteiger partial charge in [0.25, 0.3) is 10.0 Å². The van der Waals surface area contributed by atoms with Gasteiger partial charge in [0.15, 0.2) is 5.89 Å². The summed E-state index contributed by atoms with van der Waals surface area (Å²) in [7, 11) is -3.85. The molecule has 0 unspecified atom stereocenters. The second-order valence-electron chi connectivity index (χ2n) is 5.52. The lowest BCUT2D eigenvalue weighted by atomic mass is 10.1. The number of amides is 1. The molecule has 1 heterocycles. The van der Waals surface area contributed by atoms with E-state index in [2.05, 4.69) is 9.71 Å². The number of hydrogen-bond acceptors (Lipinski definition) is 5. The number of nitrogens with zero attached hydrogens (tertiary/aromatic N) is 1. The molecule has 0 spiro atoms. The van der Waals surface area contributed by atoms with Gasteiger partial charge in [-0.1, -0.05) is 32.4 Å². The zero-order valence-electron chi connectivity index (χ0n) is 13.4. The first-order valence-electron chi connectivity index (χ1n) is 7.40. The average Bonchev–Trinajstić information content (AvgIpc) is 2.93. The zero-order valence-corrected chi connectivity index (χ0v) is 14.2. The van der Waals surface area contributed by atoms with Crippen LogP contribution < -0.4 is 4.72 Å². The summed E-state index contributed by atoms with van der Waals surface area (Å²) in [5.41, 5.74) is 1.37. The van der Waals surface area contributed by atoms with E-state index >= 15 is 0 Å². The van der Waals surface area contributed by atoms with E-state index in [1.165, 1.54) is 18.4 Å². The first kappa shape index (κ1) is 17.2. The van der Waals surface area contributed by atoms with E-state index in [1.807, 2.05) is 13.8 Å². The summed E-state index contributed by atoms with van der Waals surface area (Å²) >= 11 is 0. The molecule has 6 nitrogen and oxygen atoms in total. The van der Waals surface area contributed by atoms with Gasteiger partial charge >= 0.3 is 0 Å². The Balaban J connectivity index is 2.13. The number of aromatic nitrogens is 1. The van der Waals surface area contributed by atoms with E-state index in [-0.39, 0.29) is 17.2 Å². The van der Waals surface area contributed by atoms with Crippen molar-refractivity contribution in [3.63, 3.8) is 0 Å². The highest BCUT2D eigenvalue weighted by atomic mass is 32.2. The molecular formula is C16H20N2O4S. The molecule has 0 bridgehead atoms. The van der Waals surface area contributed by atoms with Gasteiger partial charge in [0.05, 0.1) is 4.90 Å². The van der Waals surface area contributed by atoms with Gasteiger partial charge in [0.2, 0.25) is 5.91 Å². The molecule has 2 rings (SSSR count). The van der Waals surface area contributed by atoms with Crippen LogP contribution in [-0.4, -0.2) is 19.3 Å². The molecule has 0 aliphatic heterocycles. The molecule has 124 valence electrons. The van der Waals surface area contributed by atoms with Crippen molar-refractivity contribution in [2.75, 3.05) is 0 Å². The Morgan fingerprint density at radius 3 is 2.48 bits per heavy atom. The minimum Gasteiger partial charge on any atom is -0.449 e. The van der Waals surface area contributed by atoms with Crippen molar-refractivity contribution in [3.8, 4) is 11.3 Å². The number of sulfonamides is 1. The lowest BCUT2D eigenvalue weighted by Crippen LogP contribution is -2.31. The highest BCUT2D eigenvalue weighted by Crippen LogP contribution is 2.20. The van der Waals surface area contributed by atoms with Gasteiger partial charge in [-0.3, -0.25) is 4.79 Å². The molecule has 0 fully saturated rings. The Bertz CT molecular complexity index is 779. The van der Waals surface area contributed by atoms with Crippen LogP contribution in [0.2, 0.25) is 0 Å². The fraction of sp³-hybridized carbons (Fsp3) is 0.375. The number of benzene rings is 1. The number of carbonyl (C=O) groups excluding carboxylic acids is 1. The van der Waals surface area contributed by atoms with Crippen molar-refractivity contribution in [2.45, 2.75) is 38.5 Å². The Hall–Kier alpha value is -2.15. The van der Waals surface area contributed by atoms with Crippen molar-refractivity contribution < 1.29 is 17.6 Å². The van der Waals surface area contributed by atoms with Crippen LogP contribution in [0.15, 0.2) is 39.8 Å². The Kier molecular flexibility index (Phi) is 5.20. The summed E-state index contributed by atoms with van der Waals surface area (Å²) in [6.45, 7) is 5.59. The third-order valence-electron chi connectivity index (χ3n) is 3.56. The number of aryl methyl sites for hydroxylation is 1. The fourth-order valence-electron chi connectivity index (χ4n) is 2.01. The maximum atomic E-state index is 12.2. The van der Waals surface area contributed by atoms with Gasteiger partial charge in [-0.25, -0.2) is 18.1 Å². The minimum absolute atomic E-state index is 0.0407. The van der Waals surface area contributed by atoms with E-state index in [9.17, 15) is 13.2 Å². The topological polar surface area (TPSA) is 89.3 Å². The fourth-order valence-corrected chi connectivity index (χ4v) is 3.01. The van der Waals surface area contributed by atoms with Crippen molar-refractivity contribution in [1.82, 2.24) is 9.71 Å². The van der Waals surface area contributed by atoms with Crippen molar-refractivity contribution in [2.24, 2.45) is 5.92 Å². The molecule has 2 aromatic rings. The molecule has 1 aromatic heterocycles. The molecule has 0 aliphatic rings. The predicted octanol–water partition coefficient (Wildman–Crippen LogP) is 2.89. The summed E-state index contributed by atoms with van der Waals surface area (Å²) in [5.74, 6) is 0.188. The van der Waals surface area contributed by atoms with E-state index in [1.54, 1.807) is 19.1 Å². The molecule has 0 saturated heterocycles. The average molecular weight is 336 g/mol. The van der Waals surface area contributed by atoms with Gasteiger partial charge in [-0.05, 0) is 18.1 Å². The maximum absolute atomic E-state index is 12.2. The number of carbonyl (C=O) groups is 1. The quantitative estimate of drug-likeness (QED) is 0.876. The molecule has 1 amide bonds. The third-order valence-corrected chi connectivity index (χ3v) is 4.95. The molecule has 0 aliphatic carbocycles. The molecule has 1 N–H and O–H groups in total. The highest BCUT2D eigenvalue weighted by Gasteiger charge is 2.19. The highest BCUT2D eigenvalue weighted by molar-refractivity contribution is 7.90. The standard InChI is InChI=1S/C16H20N2O4S/c1-4-11(2)9-16(19)18-23(20,21)14-7-5-13(6-8-14)15-10-22-12(3)17-15/h5-8,10-11H,4,9H2,1-3H3,(H,18,19)/t11-/m1/s1. The lowest BCUT2D eigenvalue weighted by Gasteiger charge is -2.10. The lowest BCUT2D eigenvalue weighted by molar-refractivity contribution is -0.120. The van der Waals surface area contributed by atoms with Gasteiger partial charge in [-0.15, -0.1) is 0 Å². The van der Waals surface area contributed by atoms with Gasteiger partial charge in [0.1, 0.15) is 12.0 Å². The number of oxazole rings is 1. The zero-order chi connectivity index (χ0) is 17.0. The molecule has 0 saturated carbocycles. The van der Waals surface area contributed by atoms with Crippen molar-refractivity contribution in [1.29, 1.82) is 0 Å². The number of nitrogens with one attached hydrogen (secondary N) is 1. The maximum Gasteiger partial charge on any atom is 0.264 e. The Morgan fingerprint density at radius 1 is 1.30 bits per heavy atom. The molecule has 1 aromatic carbocycles. The molecule has 23 heavy (non-hydrogen) atoms. The van der Waals surface area contributed by atoms with Gasteiger partial charge in [0, 0.05) is 18.9 Å². The van der Waals surface area contributed by atoms with Crippen molar-refractivity contribution in [3.05, 3.63) is 36.4 Å². The van der Waals surface area contributed by atoms with Crippen LogP contribution in [0.4, 0.5) is 0 Å². The Labute approximate surface area is 136 Å². The second-order valence-corrected chi connectivity index (χ2v) is 7.20. The van der Waals surface area contributed by atoms with Crippen LogP contribution in [0.3, 0.4) is 0 Å². The smallest absolute Gasteiger partial charge is 0.264 e. The second kappa shape index (κ2) is 6.95.